The summed E-state index contributed by atoms with van der Waals surface area (Å²) in [6.07, 6.45) is -0.617. The molecule has 1 atom stereocenters. The molecule has 7 nitrogen and oxygen atoms in total. The highest BCUT2D eigenvalue weighted by molar-refractivity contribution is 5.89. The van der Waals surface area contributed by atoms with Gasteiger partial charge in [0.15, 0.2) is 0 Å². The van der Waals surface area contributed by atoms with Gasteiger partial charge in [-0.15, -0.1) is 0 Å². The minimum Gasteiger partial charge on any atom is -0.491 e. The van der Waals surface area contributed by atoms with Crippen molar-refractivity contribution in [3.8, 4) is 5.75 Å². The van der Waals surface area contributed by atoms with Crippen LogP contribution in [0.5, 0.6) is 5.75 Å². The zero-order valence-corrected chi connectivity index (χ0v) is 14.1. The number of aliphatic hydroxyl groups is 1. The smallest absolute Gasteiger partial charge is 0.337 e. The summed E-state index contributed by atoms with van der Waals surface area (Å²) in [5.74, 6) is 0.281. The van der Waals surface area contributed by atoms with Gasteiger partial charge in [0.1, 0.15) is 18.5 Å². The molecule has 0 radical (unpaired) electrons. The predicted octanol–water partition coefficient (Wildman–Crippen LogP) is 0.377. The highest BCUT2D eigenvalue weighted by Crippen LogP contribution is 2.13. The lowest BCUT2D eigenvalue weighted by molar-refractivity contribution is -0.130. The summed E-state index contributed by atoms with van der Waals surface area (Å²) in [4.78, 5) is 26.6. The molecule has 0 bridgehead atoms. The third-order valence-electron chi connectivity index (χ3n) is 4.00. The van der Waals surface area contributed by atoms with Crippen molar-refractivity contribution in [2.45, 2.75) is 13.0 Å². The molecule has 1 N–H and O–H groups in total. The van der Waals surface area contributed by atoms with Crippen LogP contribution in [0.15, 0.2) is 24.3 Å². The van der Waals surface area contributed by atoms with E-state index in [9.17, 15) is 14.7 Å². The second-order valence-corrected chi connectivity index (χ2v) is 5.79. The van der Waals surface area contributed by atoms with Crippen molar-refractivity contribution in [1.82, 2.24) is 9.80 Å². The molecule has 7 heteroatoms. The molecule has 1 heterocycles. The predicted molar refractivity (Wildman–Crippen MR) is 88.0 cm³/mol. The fourth-order valence-electron chi connectivity index (χ4n) is 2.59. The van der Waals surface area contributed by atoms with Gasteiger partial charge in [-0.05, 0) is 24.3 Å². The first-order valence-electron chi connectivity index (χ1n) is 7.96. The van der Waals surface area contributed by atoms with E-state index in [1.807, 2.05) is 4.90 Å². The first kappa shape index (κ1) is 18.2. The minimum absolute atomic E-state index is 0.0916. The maximum Gasteiger partial charge on any atom is 0.337 e. The van der Waals surface area contributed by atoms with E-state index in [0.29, 0.717) is 30.9 Å². The summed E-state index contributed by atoms with van der Waals surface area (Å²) in [5, 5.41) is 10.1. The maximum atomic E-state index is 11.3. The molecule has 1 aromatic rings. The summed E-state index contributed by atoms with van der Waals surface area (Å²) in [6, 6.07) is 6.58. The Morgan fingerprint density at radius 2 is 1.79 bits per heavy atom. The molecule has 0 saturated carbocycles. The molecule has 1 aromatic carbocycles. The van der Waals surface area contributed by atoms with Gasteiger partial charge in [0.2, 0.25) is 5.91 Å². The number of rotatable bonds is 6. The van der Waals surface area contributed by atoms with Gasteiger partial charge in [-0.3, -0.25) is 9.69 Å². The lowest BCUT2D eigenvalue weighted by Crippen LogP contribution is -2.50. The Kier molecular flexibility index (Phi) is 6.57. The number of carbonyl (C=O) groups excluding carboxylic acids is 2. The van der Waals surface area contributed by atoms with Crippen LogP contribution in [-0.4, -0.2) is 79.3 Å². The molecule has 1 amide bonds. The van der Waals surface area contributed by atoms with Gasteiger partial charge in [-0.25, -0.2) is 4.79 Å². The Labute approximate surface area is 141 Å². The third kappa shape index (κ3) is 5.21. The average molecular weight is 336 g/mol. The minimum atomic E-state index is -0.617. The zero-order valence-electron chi connectivity index (χ0n) is 14.1. The molecule has 1 saturated heterocycles. The van der Waals surface area contributed by atoms with Gasteiger partial charge in [0, 0.05) is 39.6 Å². The number of amides is 1. The SMILES string of the molecule is COC(=O)c1ccc(OC[C@@H](O)CN2CCN(C(C)=O)CC2)cc1. The van der Waals surface area contributed by atoms with E-state index >= 15 is 0 Å². The quantitative estimate of drug-likeness (QED) is 0.757. The van der Waals surface area contributed by atoms with Crippen LogP contribution in [0.25, 0.3) is 0 Å². The normalized spacial score (nSPS) is 16.5. The van der Waals surface area contributed by atoms with Crippen molar-refractivity contribution in [3.05, 3.63) is 29.8 Å². The van der Waals surface area contributed by atoms with Crippen LogP contribution in [0, 0.1) is 0 Å². The first-order valence-corrected chi connectivity index (χ1v) is 7.96. The first-order chi connectivity index (χ1) is 11.5. The highest BCUT2D eigenvalue weighted by Gasteiger charge is 2.20. The molecule has 2 rings (SSSR count). The number of hydrogen-bond acceptors (Lipinski definition) is 6. The van der Waals surface area contributed by atoms with Crippen molar-refractivity contribution in [3.63, 3.8) is 0 Å². The van der Waals surface area contributed by atoms with E-state index in [-0.39, 0.29) is 12.5 Å². The lowest BCUT2D eigenvalue weighted by atomic mass is 10.2. The zero-order chi connectivity index (χ0) is 17.5. The number of benzene rings is 1. The Morgan fingerprint density at radius 3 is 2.33 bits per heavy atom. The second-order valence-electron chi connectivity index (χ2n) is 5.79. The number of ether oxygens (including phenoxy) is 2. The Balaban J connectivity index is 1.72. The Hall–Kier alpha value is -2.12. The van der Waals surface area contributed by atoms with Gasteiger partial charge in [0.05, 0.1) is 12.7 Å². The molecule has 0 aliphatic carbocycles. The number of methoxy groups -OCH3 is 1. The molecular formula is C17H24N2O5. The number of nitrogens with zero attached hydrogens (tertiary/aromatic N) is 2. The molecule has 0 unspecified atom stereocenters. The van der Waals surface area contributed by atoms with Gasteiger partial charge >= 0.3 is 5.97 Å². The van der Waals surface area contributed by atoms with Crippen LogP contribution >= 0.6 is 0 Å². The fraction of sp³-hybridized carbons (Fsp3) is 0.529. The number of carbonyl (C=O) groups is 2. The lowest BCUT2D eigenvalue weighted by Gasteiger charge is -2.35. The van der Waals surface area contributed by atoms with E-state index in [2.05, 4.69) is 9.64 Å². The number of esters is 1. The van der Waals surface area contributed by atoms with Gasteiger partial charge in [-0.2, -0.15) is 0 Å². The van der Waals surface area contributed by atoms with Crippen LogP contribution in [-0.2, 0) is 9.53 Å². The van der Waals surface area contributed by atoms with Crippen LogP contribution in [0.3, 0.4) is 0 Å². The monoisotopic (exact) mass is 336 g/mol. The number of β-amino-alcohol motifs (C(OH)–C–C–N with tert-alkyl or cyclic N) is 1. The largest absolute Gasteiger partial charge is 0.491 e. The Bertz CT molecular complexity index is 553. The number of hydrogen-bond donors (Lipinski definition) is 1. The molecule has 1 aliphatic rings. The third-order valence-corrected chi connectivity index (χ3v) is 4.00. The van der Waals surface area contributed by atoms with E-state index in [0.717, 1.165) is 13.1 Å². The van der Waals surface area contributed by atoms with Gasteiger partial charge < -0.3 is 19.5 Å². The number of piperazine rings is 1. The summed E-state index contributed by atoms with van der Waals surface area (Å²) < 4.78 is 10.2. The van der Waals surface area contributed by atoms with E-state index in [1.54, 1.807) is 31.2 Å². The molecule has 1 aliphatic heterocycles. The fourth-order valence-corrected chi connectivity index (χ4v) is 2.59. The molecule has 1 fully saturated rings. The second kappa shape index (κ2) is 8.65. The van der Waals surface area contributed by atoms with E-state index in [4.69, 9.17) is 4.74 Å². The van der Waals surface area contributed by atoms with Crippen LogP contribution < -0.4 is 4.74 Å². The van der Waals surface area contributed by atoms with E-state index < -0.39 is 12.1 Å². The van der Waals surface area contributed by atoms with Crippen molar-refractivity contribution in [1.29, 1.82) is 0 Å². The summed E-state index contributed by atoms with van der Waals surface area (Å²) in [7, 11) is 1.33. The van der Waals surface area contributed by atoms with Gasteiger partial charge in [0.25, 0.3) is 0 Å². The van der Waals surface area contributed by atoms with Crippen molar-refractivity contribution in [2.24, 2.45) is 0 Å². The standard InChI is InChI=1S/C17H24N2O5/c1-13(20)19-9-7-18(8-10-19)11-15(21)12-24-16-5-3-14(4-6-16)17(22)23-2/h3-6,15,21H,7-12H2,1-2H3/t15-/m0/s1. The summed E-state index contributed by atoms with van der Waals surface area (Å²) in [5.41, 5.74) is 0.453. The molecule has 132 valence electrons. The summed E-state index contributed by atoms with van der Waals surface area (Å²) in [6.45, 7) is 5.14. The van der Waals surface area contributed by atoms with Crippen LogP contribution in [0.1, 0.15) is 17.3 Å². The highest BCUT2D eigenvalue weighted by atomic mass is 16.5. The van der Waals surface area contributed by atoms with Gasteiger partial charge in [-0.1, -0.05) is 0 Å². The van der Waals surface area contributed by atoms with Crippen molar-refractivity contribution in [2.75, 3.05) is 46.4 Å². The number of aliphatic hydroxyl groups excluding tert-OH is 1. The van der Waals surface area contributed by atoms with Crippen LogP contribution in [0.2, 0.25) is 0 Å². The van der Waals surface area contributed by atoms with E-state index in [1.165, 1.54) is 7.11 Å². The van der Waals surface area contributed by atoms with Crippen LogP contribution in [0.4, 0.5) is 0 Å². The average Bonchev–Trinajstić information content (AvgIpc) is 2.60. The van der Waals surface area contributed by atoms with Crippen molar-refractivity contribution >= 4 is 11.9 Å². The molecule has 0 aromatic heterocycles. The summed E-state index contributed by atoms with van der Waals surface area (Å²) >= 11 is 0. The molecular weight excluding hydrogens is 312 g/mol. The molecule has 24 heavy (non-hydrogen) atoms. The topological polar surface area (TPSA) is 79.3 Å². The molecule has 0 spiro atoms. The maximum absolute atomic E-state index is 11.3. The Morgan fingerprint density at radius 1 is 1.17 bits per heavy atom. The van der Waals surface area contributed by atoms with Crippen molar-refractivity contribution < 1.29 is 24.2 Å².